The van der Waals surface area contributed by atoms with E-state index in [-0.39, 0.29) is 0 Å². The molecule has 1 atom stereocenters. The van der Waals surface area contributed by atoms with E-state index in [1.54, 1.807) is 17.4 Å². The zero-order valence-corrected chi connectivity index (χ0v) is 21.8. The van der Waals surface area contributed by atoms with E-state index in [0.717, 1.165) is 27.1 Å². The molecular weight excluding hydrogens is 470 g/mol. The van der Waals surface area contributed by atoms with E-state index >= 15 is 0 Å². The summed E-state index contributed by atoms with van der Waals surface area (Å²) in [5.74, 6) is 0.804. The molecular formula is C25H33N3O2S3. The number of sulfonamides is 1. The van der Waals surface area contributed by atoms with E-state index < -0.39 is 10.0 Å². The Labute approximate surface area is 205 Å². The lowest BCUT2D eigenvalue weighted by Crippen LogP contribution is -2.28. The van der Waals surface area contributed by atoms with Gasteiger partial charge in [0.25, 0.3) is 10.0 Å². The summed E-state index contributed by atoms with van der Waals surface area (Å²) in [6.07, 6.45) is 9.32. The molecule has 1 saturated carbocycles. The van der Waals surface area contributed by atoms with Crippen molar-refractivity contribution in [2.45, 2.75) is 75.6 Å². The number of aryl methyl sites for hydroxylation is 1. The largest absolute Gasteiger partial charge is 0.310 e. The summed E-state index contributed by atoms with van der Waals surface area (Å²) in [7, 11) is -3.67. The van der Waals surface area contributed by atoms with Crippen LogP contribution in [0.15, 0.2) is 46.0 Å². The van der Waals surface area contributed by atoms with Gasteiger partial charge < -0.3 is 5.32 Å². The molecule has 0 saturated heterocycles. The third kappa shape index (κ3) is 6.66. The Morgan fingerprint density at radius 3 is 2.58 bits per heavy atom. The van der Waals surface area contributed by atoms with E-state index in [1.165, 1.54) is 56.3 Å². The van der Waals surface area contributed by atoms with Crippen LogP contribution in [0.3, 0.4) is 0 Å². The van der Waals surface area contributed by atoms with Crippen molar-refractivity contribution in [2.75, 3.05) is 4.72 Å². The summed E-state index contributed by atoms with van der Waals surface area (Å²) in [6, 6.07) is 11.5. The van der Waals surface area contributed by atoms with Crippen LogP contribution in [0, 0.1) is 12.8 Å². The molecule has 2 N–H and O–H groups in total. The lowest BCUT2D eigenvalue weighted by atomic mass is 9.93. The first-order valence-corrected chi connectivity index (χ1v) is 14.9. The summed E-state index contributed by atoms with van der Waals surface area (Å²) >= 11 is 2.81. The van der Waals surface area contributed by atoms with Gasteiger partial charge in [0.15, 0.2) is 0 Å². The third-order valence-corrected chi connectivity index (χ3v) is 10.0. The first kappa shape index (κ1) is 24.4. The van der Waals surface area contributed by atoms with E-state index in [1.807, 2.05) is 42.6 Å². The number of thiophene rings is 1. The highest BCUT2D eigenvalue weighted by atomic mass is 32.2. The fraction of sp³-hybridized carbons (Fsp3) is 0.480. The average molecular weight is 504 g/mol. The molecule has 0 aliphatic heterocycles. The molecule has 5 nitrogen and oxygen atoms in total. The molecule has 3 aromatic rings. The molecule has 0 amide bonds. The van der Waals surface area contributed by atoms with Gasteiger partial charge in [-0.3, -0.25) is 4.72 Å². The van der Waals surface area contributed by atoms with Crippen LogP contribution in [-0.2, 0) is 16.6 Å². The summed E-state index contributed by atoms with van der Waals surface area (Å²) in [5, 5.41) is 6.55. The topological polar surface area (TPSA) is 71.1 Å². The minimum absolute atomic E-state index is 0.299. The van der Waals surface area contributed by atoms with Crippen molar-refractivity contribution in [3.63, 3.8) is 0 Å². The summed E-state index contributed by atoms with van der Waals surface area (Å²) in [4.78, 5) is 5.33. The monoisotopic (exact) mass is 503 g/mol. The van der Waals surface area contributed by atoms with Gasteiger partial charge in [0.05, 0.1) is 21.3 Å². The van der Waals surface area contributed by atoms with Crippen molar-refractivity contribution in [2.24, 2.45) is 5.92 Å². The minimum atomic E-state index is -3.67. The maximum Gasteiger partial charge on any atom is 0.271 e. The Morgan fingerprint density at radius 1 is 1.09 bits per heavy atom. The molecule has 8 heteroatoms. The Morgan fingerprint density at radius 2 is 1.85 bits per heavy atom. The van der Waals surface area contributed by atoms with E-state index in [9.17, 15) is 8.42 Å². The van der Waals surface area contributed by atoms with Gasteiger partial charge in [0.2, 0.25) is 0 Å². The first-order valence-electron chi connectivity index (χ1n) is 11.8. The number of nitrogens with zero attached hydrogens (tertiary/aromatic N) is 1. The maximum atomic E-state index is 13.1. The van der Waals surface area contributed by atoms with Crippen LogP contribution < -0.4 is 10.0 Å². The molecule has 33 heavy (non-hydrogen) atoms. The van der Waals surface area contributed by atoms with Gasteiger partial charge in [0, 0.05) is 18.0 Å². The molecule has 1 aliphatic rings. The highest BCUT2D eigenvalue weighted by Gasteiger charge is 2.20. The van der Waals surface area contributed by atoms with Crippen molar-refractivity contribution < 1.29 is 8.42 Å². The average Bonchev–Trinajstić information content (AvgIpc) is 3.38. The summed E-state index contributed by atoms with van der Waals surface area (Å²) in [6.45, 7) is 4.83. The smallest absolute Gasteiger partial charge is 0.271 e. The predicted octanol–water partition coefficient (Wildman–Crippen LogP) is 6.82. The predicted molar refractivity (Wildman–Crippen MR) is 140 cm³/mol. The Balaban J connectivity index is 1.40. The fourth-order valence-corrected chi connectivity index (χ4v) is 7.57. The van der Waals surface area contributed by atoms with E-state index in [2.05, 4.69) is 21.9 Å². The van der Waals surface area contributed by atoms with Gasteiger partial charge in [0.1, 0.15) is 4.21 Å². The first-order chi connectivity index (χ1) is 15.9. The lowest BCUT2D eigenvalue weighted by molar-refractivity contribution is 0.363. The van der Waals surface area contributed by atoms with E-state index in [4.69, 9.17) is 0 Å². The van der Waals surface area contributed by atoms with Crippen molar-refractivity contribution in [1.82, 2.24) is 10.3 Å². The van der Waals surface area contributed by atoms with Gasteiger partial charge in [-0.25, -0.2) is 13.4 Å². The number of thiazole rings is 1. The zero-order valence-electron chi connectivity index (χ0n) is 19.3. The SMILES string of the molecule is Cc1nc(-c2ccc(S(=O)(=O)Nc3ccccc3CN[C@@H](C)CC3CCCCCC3)s2)cs1. The van der Waals surface area contributed by atoms with Crippen LogP contribution in [0.25, 0.3) is 10.6 Å². The number of para-hydroxylation sites is 1. The molecule has 178 valence electrons. The highest BCUT2D eigenvalue weighted by molar-refractivity contribution is 7.94. The number of hydrogen-bond acceptors (Lipinski definition) is 6. The lowest BCUT2D eigenvalue weighted by Gasteiger charge is -2.21. The number of aromatic nitrogens is 1. The maximum absolute atomic E-state index is 13.1. The molecule has 4 rings (SSSR count). The molecule has 2 aromatic heterocycles. The second-order valence-corrected chi connectivity index (χ2v) is 13.1. The van der Waals surface area contributed by atoms with Crippen LogP contribution >= 0.6 is 22.7 Å². The second kappa shape index (κ2) is 11.1. The fourth-order valence-electron chi connectivity index (χ4n) is 4.52. The summed E-state index contributed by atoms with van der Waals surface area (Å²) < 4.78 is 29.3. The molecule has 0 unspecified atom stereocenters. The number of rotatable bonds is 9. The standard InChI is InChI=1S/C25H33N3O2S3/c1-18(15-20-9-5-3-4-6-10-20)26-16-21-11-7-8-12-22(21)28-33(29,30)25-14-13-24(32-25)23-17-31-19(2)27-23/h7-8,11-14,17-18,20,26,28H,3-6,9-10,15-16H2,1-2H3/t18-/m0/s1. The van der Waals surface area contributed by atoms with Crippen LogP contribution in [0.4, 0.5) is 5.69 Å². The zero-order chi connectivity index (χ0) is 23.3. The number of hydrogen-bond donors (Lipinski definition) is 2. The van der Waals surface area contributed by atoms with Crippen molar-refractivity contribution in [1.29, 1.82) is 0 Å². The van der Waals surface area contributed by atoms with Crippen molar-refractivity contribution in [3.05, 3.63) is 52.3 Å². The van der Waals surface area contributed by atoms with Gasteiger partial charge in [-0.05, 0) is 49.9 Å². The molecule has 2 heterocycles. The van der Waals surface area contributed by atoms with Crippen LogP contribution in [0.2, 0.25) is 0 Å². The van der Waals surface area contributed by atoms with Gasteiger partial charge >= 0.3 is 0 Å². The van der Waals surface area contributed by atoms with Gasteiger partial charge in [-0.1, -0.05) is 56.7 Å². The Bertz CT molecular complexity index is 1150. The van der Waals surface area contributed by atoms with Crippen LogP contribution in [0.5, 0.6) is 0 Å². The quantitative estimate of drug-likeness (QED) is 0.314. The molecule has 0 radical (unpaired) electrons. The van der Waals surface area contributed by atoms with Gasteiger partial charge in [-0.2, -0.15) is 0 Å². The highest BCUT2D eigenvalue weighted by Crippen LogP contribution is 2.33. The normalized spacial score (nSPS) is 16.4. The minimum Gasteiger partial charge on any atom is -0.310 e. The van der Waals surface area contributed by atoms with Gasteiger partial charge in [-0.15, -0.1) is 22.7 Å². The van der Waals surface area contributed by atoms with E-state index in [0.29, 0.717) is 22.5 Å². The molecule has 1 aromatic carbocycles. The second-order valence-electron chi connectivity index (χ2n) is 9.01. The van der Waals surface area contributed by atoms with Crippen molar-refractivity contribution in [3.8, 4) is 10.6 Å². The van der Waals surface area contributed by atoms with Crippen molar-refractivity contribution >= 4 is 38.4 Å². The van der Waals surface area contributed by atoms with Crippen LogP contribution in [0.1, 0.15) is 62.4 Å². The third-order valence-electron chi connectivity index (χ3n) is 6.28. The van der Waals surface area contributed by atoms with Crippen LogP contribution in [-0.4, -0.2) is 19.4 Å². The number of benzene rings is 1. The number of anilines is 1. The molecule has 0 bridgehead atoms. The molecule has 1 aliphatic carbocycles. The molecule has 1 fully saturated rings. The Kier molecular flexibility index (Phi) is 8.22. The Hall–Kier alpha value is -1.74. The summed E-state index contributed by atoms with van der Waals surface area (Å²) in [5.41, 5.74) is 2.42. The number of nitrogens with one attached hydrogen (secondary N) is 2. The molecule has 0 spiro atoms.